The monoisotopic (exact) mass is 377 g/mol. The first kappa shape index (κ1) is 18.1. The molecule has 0 aromatic heterocycles. The molecule has 0 aliphatic carbocycles. The highest BCUT2D eigenvalue weighted by atomic mass is 79.9. The number of ether oxygens (including phenoxy) is 1. The lowest BCUT2D eigenvalue weighted by atomic mass is 10.0. The van der Waals surface area contributed by atoms with Gasteiger partial charge in [-0.2, -0.15) is 0 Å². The number of hydrogen-bond acceptors (Lipinski definition) is 4. The van der Waals surface area contributed by atoms with Gasteiger partial charge in [0.25, 0.3) is 0 Å². The molecule has 21 heavy (non-hydrogen) atoms. The van der Waals surface area contributed by atoms with Gasteiger partial charge in [-0.3, -0.25) is 4.79 Å². The third-order valence-electron chi connectivity index (χ3n) is 3.16. The van der Waals surface area contributed by atoms with Crippen molar-refractivity contribution in [3.8, 4) is 0 Å². The predicted octanol–water partition coefficient (Wildman–Crippen LogP) is 2.63. The summed E-state index contributed by atoms with van der Waals surface area (Å²) in [5.41, 5.74) is 0.0381. The van der Waals surface area contributed by atoms with Gasteiger partial charge >= 0.3 is 5.97 Å². The summed E-state index contributed by atoms with van der Waals surface area (Å²) in [6.45, 7) is 5.54. The van der Waals surface area contributed by atoms with Crippen LogP contribution in [0.5, 0.6) is 0 Å². The minimum atomic E-state index is -3.67. The quantitative estimate of drug-likeness (QED) is 0.773. The van der Waals surface area contributed by atoms with Crippen molar-refractivity contribution in [1.29, 1.82) is 0 Å². The van der Waals surface area contributed by atoms with E-state index in [4.69, 9.17) is 0 Å². The molecule has 1 N–H and O–H groups in total. The molecule has 0 amide bonds. The van der Waals surface area contributed by atoms with Crippen LogP contribution in [-0.2, 0) is 26.0 Å². The normalized spacial score (nSPS) is 12.2. The highest BCUT2D eigenvalue weighted by Gasteiger charge is 2.26. The average molecular weight is 378 g/mol. The van der Waals surface area contributed by atoms with Crippen molar-refractivity contribution in [3.63, 3.8) is 0 Å². The van der Waals surface area contributed by atoms with E-state index in [1.54, 1.807) is 12.1 Å². The molecule has 1 rings (SSSR count). The first-order chi connectivity index (χ1) is 9.61. The fourth-order valence-corrected chi connectivity index (χ4v) is 4.09. The summed E-state index contributed by atoms with van der Waals surface area (Å²) < 4.78 is 32.7. The van der Waals surface area contributed by atoms with Gasteiger partial charge in [0.15, 0.2) is 0 Å². The Labute approximate surface area is 134 Å². The van der Waals surface area contributed by atoms with Crippen LogP contribution in [0.4, 0.5) is 0 Å². The molecule has 0 saturated heterocycles. The van der Waals surface area contributed by atoms with Crippen molar-refractivity contribution in [2.45, 2.75) is 44.0 Å². The maximum absolute atomic E-state index is 12.5. The van der Waals surface area contributed by atoms with E-state index in [1.165, 1.54) is 13.2 Å². The summed E-state index contributed by atoms with van der Waals surface area (Å²) in [6, 6.07) is 4.78. The van der Waals surface area contributed by atoms with E-state index in [9.17, 15) is 13.2 Å². The average Bonchev–Trinajstić information content (AvgIpc) is 2.39. The van der Waals surface area contributed by atoms with Crippen LogP contribution in [0.2, 0.25) is 0 Å². The van der Waals surface area contributed by atoms with Gasteiger partial charge in [-0.05, 0) is 53.9 Å². The number of sulfonamides is 1. The molecule has 0 radical (unpaired) electrons. The Morgan fingerprint density at radius 3 is 2.52 bits per heavy atom. The van der Waals surface area contributed by atoms with Crippen molar-refractivity contribution in [2.75, 3.05) is 7.11 Å². The standard InChI is InChI=1S/C14H20BrNO4S/c1-5-14(2,3)16-21(18,19)12-8-10(6-7-11(12)15)9-13(17)20-4/h6-8,16H,5,9H2,1-4H3. The Hall–Kier alpha value is -0.920. The SMILES string of the molecule is CCC(C)(C)NS(=O)(=O)c1cc(CC(=O)OC)ccc1Br. The van der Waals surface area contributed by atoms with E-state index in [0.29, 0.717) is 16.5 Å². The Bertz CT molecular complexity index is 626. The third kappa shape index (κ3) is 5.09. The summed E-state index contributed by atoms with van der Waals surface area (Å²) >= 11 is 3.24. The van der Waals surface area contributed by atoms with Crippen LogP contribution in [0.3, 0.4) is 0 Å². The molecule has 1 aromatic rings. The predicted molar refractivity (Wildman–Crippen MR) is 84.6 cm³/mol. The van der Waals surface area contributed by atoms with Gasteiger partial charge in [-0.15, -0.1) is 0 Å². The third-order valence-corrected chi connectivity index (χ3v) is 5.85. The maximum Gasteiger partial charge on any atom is 0.309 e. The molecule has 5 nitrogen and oxygen atoms in total. The summed E-state index contributed by atoms with van der Waals surface area (Å²) in [5.74, 6) is -0.414. The van der Waals surface area contributed by atoms with Crippen molar-refractivity contribution in [2.24, 2.45) is 0 Å². The smallest absolute Gasteiger partial charge is 0.309 e. The highest BCUT2D eigenvalue weighted by Crippen LogP contribution is 2.25. The Morgan fingerprint density at radius 1 is 1.38 bits per heavy atom. The number of esters is 1. The minimum absolute atomic E-state index is 0.0312. The number of hydrogen-bond donors (Lipinski definition) is 1. The number of rotatable bonds is 6. The molecule has 0 heterocycles. The molecule has 7 heteroatoms. The summed E-state index contributed by atoms with van der Waals surface area (Å²) in [6.07, 6.45) is 0.690. The lowest BCUT2D eigenvalue weighted by Gasteiger charge is -2.24. The van der Waals surface area contributed by atoms with E-state index in [2.05, 4.69) is 25.4 Å². The molecular weight excluding hydrogens is 358 g/mol. The number of halogens is 1. The molecule has 0 aliphatic rings. The van der Waals surface area contributed by atoms with Gasteiger partial charge in [0.2, 0.25) is 10.0 Å². The summed E-state index contributed by atoms with van der Waals surface area (Å²) in [4.78, 5) is 11.4. The van der Waals surface area contributed by atoms with Crippen LogP contribution in [0.15, 0.2) is 27.6 Å². The van der Waals surface area contributed by atoms with Gasteiger partial charge in [-0.25, -0.2) is 13.1 Å². The topological polar surface area (TPSA) is 72.5 Å². The van der Waals surface area contributed by atoms with Crippen molar-refractivity contribution >= 4 is 31.9 Å². The highest BCUT2D eigenvalue weighted by molar-refractivity contribution is 9.10. The van der Waals surface area contributed by atoms with Crippen LogP contribution in [0.1, 0.15) is 32.8 Å². The fraction of sp³-hybridized carbons (Fsp3) is 0.500. The first-order valence-electron chi connectivity index (χ1n) is 6.50. The Morgan fingerprint density at radius 2 is 2.00 bits per heavy atom. The molecule has 0 unspecified atom stereocenters. The molecule has 118 valence electrons. The first-order valence-corrected chi connectivity index (χ1v) is 8.78. The second-order valence-electron chi connectivity index (χ2n) is 5.36. The lowest BCUT2D eigenvalue weighted by molar-refractivity contribution is -0.139. The zero-order chi connectivity index (χ0) is 16.3. The fourth-order valence-electron chi connectivity index (χ4n) is 1.59. The number of carbonyl (C=O) groups excluding carboxylic acids is 1. The Balaban J connectivity index is 3.17. The van der Waals surface area contributed by atoms with Gasteiger partial charge in [0.05, 0.1) is 18.4 Å². The van der Waals surface area contributed by atoms with Gasteiger partial charge in [0, 0.05) is 10.0 Å². The zero-order valence-corrected chi connectivity index (χ0v) is 15.0. The van der Waals surface area contributed by atoms with Gasteiger partial charge < -0.3 is 4.74 Å². The van der Waals surface area contributed by atoms with Crippen molar-refractivity contribution in [3.05, 3.63) is 28.2 Å². The van der Waals surface area contributed by atoms with Crippen LogP contribution in [-0.4, -0.2) is 27.0 Å². The maximum atomic E-state index is 12.5. The van der Waals surface area contributed by atoms with E-state index in [1.807, 2.05) is 20.8 Å². The summed E-state index contributed by atoms with van der Waals surface area (Å²) in [5, 5.41) is 0. The van der Waals surface area contributed by atoms with E-state index >= 15 is 0 Å². The van der Waals surface area contributed by atoms with E-state index in [-0.39, 0.29) is 11.3 Å². The molecule has 0 atom stereocenters. The molecule has 0 fully saturated rings. The van der Waals surface area contributed by atoms with Gasteiger partial charge in [0.1, 0.15) is 0 Å². The number of nitrogens with one attached hydrogen (secondary N) is 1. The summed E-state index contributed by atoms with van der Waals surface area (Å²) in [7, 11) is -2.38. The molecule has 0 spiro atoms. The van der Waals surface area contributed by atoms with E-state index < -0.39 is 21.5 Å². The van der Waals surface area contributed by atoms with Crippen molar-refractivity contribution < 1.29 is 17.9 Å². The number of carbonyl (C=O) groups is 1. The van der Waals surface area contributed by atoms with Crippen LogP contribution >= 0.6 is 15.9 Å². The van der Waals surface area contributed by atoms with Crippen molar-refractivity contribution in [1.82, 2.24) is 4.72 Å². The number of benzene rings is 1. The van der Waals surface area contributed by atoms with E-state index in [0.717, 1.165) is 0 Å². The second kappa shape index (κ2) is 6.89. The number of methoxy groups -OCH3 is 1. The Kier molecular flexibility index (Phi) is 5.95. The second-order valence-corrected chi connectivity index (χ2v) is 7.87. The molecule has 0 aliphatic heterocycles. The molecule has 1 aromatic carbocycles. The lowest BCUT2D eigenvalue weighted by Crippen LogP contribution is -2.42. The molecular formula is C14H20BrNO4S. The molecule has 0 saturated carbocycles. The zero-order valence-electron chi connectivity index (χ0n) is 12.6. The van der Waals surface area contributed by atoms with Crippen LogP contribution in [0, 0.1) is 0 Å². The van der Waals surface area contributed by atoms with Crippen LogP contribution < -0.4 is 4.72 Å². The minimum Gasteiger partial charge on any atom is -0.469 e. The largest absolute Gasteiger partial charge is 0.469 e. The molecule has 0 bridgehead atoms. The van der Waals surface area contributed by atoms with Crippen LogP contribution in [0.25, 0.3) is 0 Å². The van der Waals surface area contributed by atoms with Gasteiger partial charge in [-0.1, -0.05) is 13.0 Å².